The lowest BCUT2D eigenvalue weighted by molar-refractivity contribution is 0.332. The molecule has 0 atom stereocenters. The smallest absolute Gasteiger partial charge is 0.264 e. The Morgan fingerprint density at radius 3 is 1.51 bits per heavy atom. The second-order valence-corrected chi connectivity index (χ2v) is 28.4. The summed E-state index contributed by atoms with van der Waals surface area (Å²) < 4.78 is 1.49. The summed E-state index contributed by atoms with van der Waals surface area (Å²) in [6.07, 6.45) is 4.68. The molecule has 0 saturated heterocycles. The van der Waals surface area contributed by atoms with Crippen LogP contribution >= 0.6 is 11.3 Å². The number of hydrogen-bond acceptors (Lipinski definition) is 4. The zero-order valence-electron chi connectivity index (χ0n) is 47.9. The molecule has 2 aliphatic heterocycles. The first kappa shape index (κ1) is 50.6. The van der Waals surface area contributed by atoms with Gasteiger partial charge in [0.2, 0.25) is 0 Å². The van der Waals surface area contributed by atoms with Crippen molar-refractivity contribution < 1.29 is 0 Å². The Hall–Kier alpha value is -5.52. The van der Waals surface area contributed by atoms with Crippen LogP contribution in [0, 0.1) is 0 Å². The van der Waals surface area contributed by atoms with Crippen LogP contribution < -0.4 is 30.4 Å². The largest absolute Gasteiger partial charge is 0.311 e. The molecule has 0 radical (unpaired) electrons. The van der Waals surface area contributed by atoms with Gasteiger partial charge >= 0.3 is 0 Å². The van der Waals surface area contributed by atoms with Gasteiger partial charge in [-0.3, -0.25) is 0 Å². The first-order valence-corrected chi connectivity index (χ1v) is 28.9. The molecule has 1 aromatic heterocycles. The molecule has 6 aromatic carbocycles. The van der Waals surface area contributed by atoms with E-state index in [0.29, 0.717) is 17.8 Å². The third kappa shape index (κ3) is 8.20. The van der Waals surface area contributed by atoms with Gasteiger partial charge in [-0.15, -0.1) is 0 Å². The predicted molar refractivity (Wildman–Crippen MR) is 325 cm³/mol. The molecule has 7 aromatic rings. The van der Waals surface area contributed by atoms with Gasteiger partial charge in [0.1, 0.15) is 0 Å². The lowest BCUT2D eigenvalue weighted by Gasteiger charge is -2.47. The second-order valence-electron chi connectivity index (χ2n) is 27.4. The van der Waals surface area contributed by atoms with Crippen LogP contribution in [0.3, 0.4) is 0 Å². The lowest BCUT2D eigenvalue weighted by Crippen LogP contribution is -2.61. The van der Waals surface area contributed by atoms with Crippen LogP contribution in [0.25, 0.3) is 0 Å². The van der Waals surface area contributed by atoms with Crippen LogP contribution in [0.4, 0.5) is 51.2 Å². The molecule has 74 heavy (non-hydrogen) atoms. The highest BCUT2D eigenvalue weighted by atomic mass is 32.1. The highest BCUT2D eigenvalue weighted by molar-refractivity contribution is 7.29. The molecule has 5 heteroatoms. The van der Waals surface area contributed by atoms with Crippen LogP contribution in [0.2, 0.25) is 0 Å². The maximum absolute atomic E-state index is 2.80. The van der Waals surface area contributed by atoms with Gasteiger partial charge in [0.25, 0.3) is 6.71 Å². The van der Waals surface area contributed by atoms with E-state index in [0.717, 1.165) is 23.5 Å². The molecule has 4 aliphatic rings. The van der Waals surface area contributed by atoms with E-state index in [2.05, 4.69) is 265 Å². The molecule has 11 rings (SSSR count). The molecule has 0 bridgehead atoms. The molecule has 3 heterocycles. The molecule has 0 unspecified atom stereocenters. The van der Waals surface area contributed by atoms with Crippen molar-refractivity contribution in [2.24, 2.45) is 0 Å². The molecular weight excluding hydrogens is 914 g/mol. The fourth-order valence-electron chi connectivity index (χ4n) is 13.1. The zero-order chi connectivity index (χ0) is 52.8. The Bertz CT molecular complexity index is 3250. The summed E-state index contributed by atoms with van der Waals surface area (Å²) in [7, 11) is 0. The Labute approximate surface area is 450 Å². The van der Waals surface area contributed by atoms with Gasteiger partial charge in [-0.05, 0) is 187 Å². The number of anilines is 9. The average molecular weight is 996 g/mol. The molecule has 0 N–H and O–H groups in total. The van der Waals surface area contributed by atoms with Crippen molar-refractivity contribution in [1.82, 2.24) is 0 Å². The van der Waals surface area contributed by atoms with Crippen LogP contribution in [-0.4, -0.2) is 6.71 Å². The summed E-state index contributed by atoms with van der Waals surface area (Å²) >= 11 is 2.13. The van der Waals surface area contributed by atoms with Crippen LogP contribution in [0.5, 0.6) is 0 Å². The van der Waals surface area contributed by atoms with Crippen molar-refractivity contribution in [3.8, 4) is 0 Å². The van der Waals surface area contributed by atoms with E-state index in [1.807, 2.05) is 0 Å². The van der Waals surface area contributed by atoms with Gasteiger partial charge in [0.15, 0.2) is 0 Å². The van der Waals surface area contributed by atoms with Crippen LogP contribution in [0.15, 0.2) is 121 Å². The Balaban J connectivity index is 1.31. The third-order valence-corrected chi connectivity index (χ3v) is 19.8. The number of rotatable bonds is 8. The minimum Gasteiger partial charge on any atom is -0.311 e. The lowest BCUT2D eigenvalue weighted by atomic mass is 9.35. The molecular formula is C69H82BN3S. The summed E-state index contributed by atoms with van der Waals surface area (Å²) in [5.74, 6) is 1.30. The summed E-state index contributed by atoms with van der Waals surface area (Å²) in [5, 5.41) is 0. The van der Waals surface area contributed by atoms with Crippen molar-refractivity contribution >= 4 is 84.9 Å². The summed E-state index contributed by atoms with van der Waals surface area (Å²) in [4.78, 5) is 9.54. The molecule has 382 valence electrons. The monoisotopic (exact) mass is 996 g/mol. The van der Waals surface area contributed by atoms with Gasteiger partial charge < -0.3 is 14.7 Å². The standard InChI is InChI=1S/C69H82BN3S/c1-42(2)45-18-25-49(26-19-45)71(50-27-20-46(21-28-50)43(3)4)53-40-58-61-59(41-53)73(52-31-32-54-55(39-52)67(12,13)35-34-66(54,10)11)62-60-63(69(16,17)37-36-68(60,14)15)74-64(62)70(61)56-38-48(65(7,8)9)24-33-57(56)72(58)51-29-22-47(23-30-51)44(5)6/h18-33,38-44H,34-37H2,1-17H3. The molecule has 0 saturated carbocycles. The Kier molecular flexibility index (Phi) is 12.0. The average Bonchev–Trinajstić information content (AvgIpc) is 3.84. The predicted octanol–water partition coefficient (Wildman–Crippen LogP) is 18.7. The minimum absolute atomic E-state index is 0.0299. The Morgan fingerprint density at radius 2 is 0.973 bits per heavy atom. The number of benzene rings is 6. The summed E-state index contributed by atoms with van der Waals surface area (Å²) in [5.41, 5.74) is 24.0. The van der Waals surface area contributed by atoms with Crippen molar-refractivity contribution in [1.29, 1.82) is 0 Å². The normalized spacial score (nSPS) is 17.8. The van der Waals surface area contributed by atoms with Crippen molar-refractivity contribution in [2.75, 3.05) is 14.7 Å². The fraction of sp³-hybridized carbons (Fsp3) is 0.420. The minimum atomic E-state index is -0.0333. The molecule has 0 fully saturated rings. The van der Waals surface area contributed by atoms with E-state index < -0.39 is 0 Å². The van der Waals surface area contributed by atoms with Gasteiger partial charge in [-0.25, -0.2) is 0 Å². The first-order chi connectivity index (χ1) is 34.8. The second kappa shape index (κ2) is 17.5. The van der Waals surface area contributed by atoms with Crippen molar-refractivity contribution in [2.45, 2.75) is 188 Å². The number of fused-ring (bicyclic) bond motifs is 7. The van der Waals surface area contributed by atoms with Crippen molar-refractivity contribution in [3.05, 3.63) is 165 Å². The van der Waals surface area contributed by atoms with Gasteiger partial charge in [0, 0.05) is 49.5 Å². The SMILES string of the molecule is CC(C)c1ccc(N(c2ccc(C(C)C)cc2)c2cc3c4c(c2)N(c2ccc5c(c2)C(C)(C)CCC5(C)C)c2c(sc5c2C(C)(C)CCC5(C)C)B4c2cc(C(C)(C)C)ccc2N3c2ccc(C(C)C)cc2)cc1. The number of hydrogen-bond donors (Lipinski definition) is 0. The fourth-order valence-corrected chi connectivity index (χ4v) is 14.8. The van der Waals surface area contributed by atoms with E-state index in [1.54, 1.807) is 10.4 Å². The van der Waals surface area contributed by atoms with E-state index in [1.165, 1.54) is 102 Å². The summed E-state index contributed by atoms with van der Waals surface area (Å²) in [6, 6.07) is 48.6. The zero-order valence-corrected chi connectivity index (χ0v) is 48.8. The van der Waals surface area contributed by atoms with E-state index in [9.17, 15) is 0 Å². The van der Waals surface area contributed by atoms with E-state index >= 15 is 0 Å². The first-order valence-electron chi connectivity index (χ1n) is 28.1. The number of thiophene rings is 1. The number of nitrogens with zero attached hydrogens (tertiary/aromatic N) is 3. The maximum Gasteiger partial charge on any atom is 0.264 e. The molecule has 3 nitrogen and oxygen atoms in total. The van der Waals surface area contributed by atoms with Gasteiger partial charge in [-0.1, -0.05) is 172 Å². The van der Waals surface area contributed by atoms with Crippen LogP contribution in [0.1, 0.15) is 205 Å². The molecule has 2 aliphatic carbocycles. The van der Waals surface area contributed by atoms with E-state index in [-0.39, 0.29) is 33.8 Å². The highest BCUT2D eigenvalue weighted by Gasteiger charge is 2.51. The van der Waals surface area contributed by atoms with Gasteiger partial charge in [-0.2, -0.15) is 11.3 Å². The highest BCUT2D eigenvalue weighted by Crippen LogP contribution is 2.58. The molecule has 0 amide bonds. The quantitative estimate of drug-likeness (QED) is 0.141. The molecule has 0 spiro atoms. The maximum atomic E-state index is 2.80. The van der Waals surface area contributed by atoms with Gasteiger partial charge in [0.05, 0.1) is 11.4 Å². The topological polar surface area (TPSA) is 9.72 Å². The summed E-state index contributed by atoms with van der Waals surface area (Å²) in [6.45, 7) is 41.0. The Morgan fingerprint density at radius 1 is 0.486 bits per heavy atom. The van der Waals surface area contributed by atoms with E-state index in [4.69, 9.17) is 0 Å². The van der Waals surface area contributed by atoms with Crippen LogP contribution in [-0.2, 0) is 27.1 Å². The third-order valence-electron chi connectivity index (χ3n) is 18.2. The van der Waals surface area contributed by atoms with Crippen molar-refractivity contribution in [3.63, 3.8) is 0 Å².